The van der Waals surface area contributed by atoms with Gasteiger partial charge in [0, 0.05) is 6.54 Å². The van der Waals surface area contributed by atoms with Gasteiger partial charge >= 0.3 is 5.97 Å². The summed E-state index contributed by atoms with van der Waals surface area (Å²) in [7, 11) is 1.33. The van der Waals surface area contributed by atoms with Crippen molar-refractivity contribution in [3.05, 3.63) is 0 Å². The highest BCUT2D eigenvalue weighted by Gasteiger charge is 2.39. The Morgan fingerprint density at radius 3 is 2.64 bits per heavy atom. The molecule has 0 spiro atoms. The molecule has 0 aromatic carbocycles. The number of hydrogen-bond donors (Lipinski definition) is 1. The lowest BCUT2D eigenvalue weighted by Crippen LogP contribution is -2.57. The number of methoxy groups -OCH3 is 1. The van der Waals surface area contributed by atoms with Gasteiger partial charge < -0.3 is 9.64 Å². The van der Waals surface area contributed by atoms with Crippen molar-refractivity contribution in [1.82, 2.24) is 4.90 Å². The fraction of sp³-hybridized carbons (Fsp3) is 0.778. The summed E-state index contributed by atoms with van der Waals surface area (Å²) in [5.41, 5.74) is 0. The highest BCUT2D eigenvalue weighted by Crippen LogP contribution is 2.21. The van der Waals surface area contributed by atoms with Gasteiger partial charge in [0.2, 0.25) is 5.91 Å². The van der Waals surface area contributed by atoms with Crippen LogP contribution >= 0.6 is 12.6 Å². The van der Waals surface area contributed by atoms with Crippen molar-refractivity contribution in [2.45, 2.75) is 31.1 Å². The second-order valence-electron chi connectivity index (χ2n) is 3.28. The maximum absolute atomic E-state index is 11.6. The molecule has 1 fully saturated rings. The van der Waals surface area contributed by atoms with Gasteiger partial charge in [-0.05, 0) is 12.8 Å². The third kappa shape index (κ3) is 2.03. The van der Waals surface area contributed by atoms with E-state index in [-0.39, 0.29) is 23.2 Å². The van der Waals surface area contributed by atoms with Crippen LogP contribution in [0.25, 0.3) is 0 Å². The van der Waals surface area contributed by atoms with Crippen molar-refractivity contribution in [3.8, 4) is 0 Å². The molecule has 1 saturated heterocycles. The highest BCUT2D eigenvalue weighted by atomic mass is 32.1. The Hall–Kier alpha value is -0.710. The summed E-state index contributed by atoms with van der Waals surface area (Å²) in [5.74, 6) is -0.404. The molecule has 80 valence electrons. The minimum atomic E-state index is -0.381. The third-order valence-electron chi connectivity index (χ3n) is 2.45. The lowest BCUT2D eigenvalue weighted by molar-refractivity contribution is -0.159. The fourth-order valence-electron chi connectivity index (χ4n) is 1.40. The lowest BCUT2D eigenvalue weighted by Gasteiger charge is -2.39. The summed E-state index contributed by atoms with van der Waals surface area (Å²) < 4.78 is 4.59. The van der Waals surface area contributed by atoms with Crippen LogP contribution in [0.5, 0.6) is 0 Å². The van der Waals surface area contributed by atoms with Crippen LogP contribution in [0.2, 0.25) is 0 Å². The molecule has 1 aliphatic heterocycles. The molecule has 1 heterocycles. The first kappa shape index (κ1) is 11.4. The van der Waals surface area contributed by atoms with Gasteiger partial charge in [-0.3, -0.25) is 4.79 Å². The number of ether oxygens (including phenoxy) is 1. The molecule has 5 heteroatoms. The van der Waals surface area contributed by atoms with E-state index in [1.807, 2.05) is 6.92 Å². The maximum atomic E-state index is 11.6. The van der Waals surface area contributed by atoms with Crippen LogP contribution in [0, 0.1) is 0 Å². The Bertz CT molecular complexity index is 244. The van der Waals surface area contributed by atoms with E-state index in [1.54, 1.807) is 0 Å². The summed E-state index contributed by atoms with van der Waals surface area (Å²) in [6.45, 7) is 2.53. The second kappa shape index (κ2) is 4.68. The van der Waals surface area contributed by atoms with E-state index < -0.39 is 0 Å². The Balaban J connectivity index is 2.54. The largest absolute Gasteiger partial charge is 0.467 e. The maximum Gasteiger partial charge on any atom is 0.328 e. The van der Waals surface area contributed by atoms with Crippen molar-refractivity contribution < 1.29 is 14.3 Å². The van der Waals surface area contributed by atoms with Crippen LogP contribution in [-0.2, 0) is 14.3 Å². The number of hydrogen-bond acceptors (Lipinski definition) is 4. The standard InChI is InChI=1S/C9H15NO3S/c1-3-7(14)8(11)10-5-4-6(10)9(12)13-2/h6-7,14H,3-5H2,1-2H3. The van der Waals surface area contributed by atoms with Crippen LogP contribution in [0.1, 0.15) is 19.8 Å². The van der Waals surface area contributed by atoms with E-state index in [0.717, 1.165) is 0 Å². The number of likely N-dealkylation sites (tertiary alicyclic amines) is 1. The van der Waals surface area contributed by atoms with Gasteiger partial charge in [0.25, 0.3) is 0 Å². The van der Waals surface area contributed by atoms with Gasteiger partial charge in [0.05, 0.1) is 12.4 Å². The Labute approximate surface area is 89.0 Å². The summed E-state index contributed by atoms with van der Waals surface area (Å²) in [4.78, 5) is 24.3. The molecule has 0 bridgehead atoms. The number of nitrogens with zero attached hydrogens (tertiary/aromatic N) is 1. The quantitative estimate of drug-likeness (QED) is 0.552. The predicted octanol–water partition coefficient (Wildman–Crippen LogP) is 0.469. The van der Waals surface area contributed by atoms with Crippen LogP contribution in [0.3, 0.4) is 0 Å². The average Bonchev–Trinajstić information content (AvgIpc) is 2.14. The summed E-state index contributed by atoms with van der Waals surface area (Å²) >= 11 is 4.15. The molecule has 2 unspecified atom stereocenters. The lowest BCUT2D eigenvalue weighted by atomic mass is 10.0. The Morgan fingerprint density at radius 1 is 1.64 bits per heavy atom. The molecule has 0 saturated carbocycles. The van der Waals surface area contributed by atoms with Crippen LogP contribution in [-0.4, -0.2) is 41.7 Å². The van der Waals surface area contributed by atoms with Gasteiger partial charge in [-0.15, -0.1) is 0 Å². The van der Waals surface area contributed by atoms with Gasteiger partial charge in [0.1, 0.15) is 6.04 Å². The molecule has 1 amide bonds. The third-order valence-corrected chi connectivity index (χ3v) is 3.03. The number of carbonyl (C=O) groups excluding carboxylic acids is 2. The van der Waals surface area contributed by atoms with Gasteiger partial charge in [-0.25, -0.2) is 4.79 Å². The number of rotatable bonds is 3. The number of amides is 1. The SMILES string of the molecule is CCC(S)C(=O)N1CCC1C(=O)OC. The first-order valence-corrected chi connectivity index (χ1v) is 5.19. The minimum Gasteiger partial charge on any atom is -0.467 e. The minimum absolute atomic E-state index is 0.0718. The zero-order valence-corrected chi connectivity index (χ0v) is 9.29. The topological polar surface area (TPSA) is 46.6 Å². The fourth-order valence-corrected chi connectivity index (χ4v) is 1.55. The van der Waals surface area contributed by atoms with Gasteiger partial charge in [-0.2, -0.15) is 12.6 Å². The van der Waals surface area contributed by atoms with Crippen molar-refractivity contribution in [3.63, 3.8) is 0 Å². The molecule has 0 radical (unpaired) electrons. The molecular formula is C9H15NO3S. The normalized spacial score (nSPS) is 22.5. The van der Waals surface area contributed by atoms with Crippen LogP contribution < -0.4 is 0 Å². The van der Waals surface area contributed by atoms with Crippen molar-refractivity contribution in [2.75, 3.05) is 13.7 Å². The molecular weight excluding hydrogens is 202 g/mol. The second-order valence-corrected chi connectivity index (χ2v) is 3.91. The van der Waals surface area contributed by atoms with E-state index in [1.165, 1.54) is 12.0 Å². The van der Waals surface area contributed by atoms with E-state index in [2.05, 4.69) is 17.4 Å². The summed E-state index contributed by atoms with van der Waals surface area (Å²) in [5, 5.41) is -0.303. The smallest absolute Gasteiger partial charge is 0.328 e. The molecule has 1 rings (SSSR count). The molecule has 2 atom stereocenters. The van der Waals surface area contributed by atoms with E-state index in [4.69, 9.17) is 0 Å². The first-order valence-electron chi connectivity index (χ1n) is 4.68. The molecule has 4 nitrogen and oxygen atoms in total. The summed E-state index contributed by atoms with van der Waals surface area (Å²) in [6.07, 6.45) is 1.37. The molecule has 0 aliphatic carbocycles. The van der Waals surface area contributed by atoms with Crippen LogP contribution in [0.15, 0.2) is 0 Å². The Morgan fingerprint density at radius 2 is 2.29 bits per heavy atom. The van der Waals surface area contributed by atoms with E-state index in [9.17, 15) is 9.59 Å². The zero-order chi connectivity index (χ0) is 10.7. The summed E-state index contributed by atoms with van der Waals surface area (Å²) in [6, 6.07) is -0.381. The first-order chi connectivity index (χ1) is 6.61. The molecule has 1 aliphatic rings. The molecule has 14 heavy (non-hydrogen) atoms. The average molecular weight is 217 g/mol. The van der Waals surface area contributed by atoms with Crippen molar-refractivity contribution in [1.29, 1.82) is 0 Å². The van der Waals surface area contributed by atoms with Crippen molar-refractivity contribution >= 4 is 24.5 Å². The van der Waals surface area contributed by atoms with E-state index >= 15 is 0 Å². The van der Waals surface area contributed by atoms with Gasteiger partial charge in [0.15, 0.2) is 0 Å². The molecule has 0 N–H and O–H groups in total. The number of esters is 1. The zero-order valence-electron chi connectivity index (χ0n) is 8.40. The molecule has 0 aromatic heterocycles. The Kier molecular flexibility index (Phi) is 3.80. The van der Waals surface area contributed by atoms with Crippen molar-refractivity contribution in [2.24, 2.45) is 0 Å². The van der Waals surface area contributed by atoms with Gasteiger partial charge in [-0.1, -0.05) is 6.92 Å². The highest BCUT2D eigenvalue weighted by molar-refractivity contribution is 7.81. The molecule has 0 aromatic rings. The number of carbonyl (C=O) groups is 2. The van der Waals surface area contributed by atoms with E-state index in [0.29, 0.717) is 19.4 Å². The monoisotopic (exact) mass is 217 g/mol. The number of thiol groups is 1. The van der Waals surface area contributed by atoms with Crippen LogP contribution in [0.4, 0.5) is 0 Å². The predicted molar refractivity (Wildman–Crippen MR) is 55.2 cm³/mol.